The lowest BCUT2D eigenvalue weighted by Crippen LogP contribution is -2.42. The van der Waals surface area contributed by atoms with Gasteiger partial charge in [-0.05, 0) is 6.92 Å². The molecule has 1 amide bonds. The molecule has 10 nitrogen and oxygen atoms in total. The molecule has 2 N–H and O–H groups in total. The Balaban J connectivity index is 2.73. The van der Waals surface area contributed by atoms with Gasteiger partial charge in [-0.25, -0.2) is 9.78 Å². The SMILES string of the molecule is COCC(=O)Cn1c(=O)c2c(ncn2[C@@H](C)C(N)=O)n(C)c1=O. The third-order valence-electron chi connectivity index (χ3n) is 3.53. The van der Waals surface area contributed by atoms with E-state index in [1.54, 1.807) is 0 Å². The van der Waals surface area contributed by atoms with Crippen LogP contribution in [0.2, 0.25) is 0 Å². The van der Waals surface area contributed by atoms with Crippen LogP contribution in [0, 0.1) is 0 Å². The molecule has 2 aromatic rings. The van der Waals surface area contributed by atoms with E-state index in [0.29, 0.717) is 0 Å². The largest absolute Gasteiger partial charge is 0.377 e. The molecule has 0 aliphatic rings. The molecule has 0 spiro atoms. The molecule has 124 valence electrons. The van der Waals surface area contributed by atoms with Crippen molar-refractivity contribution in [1.82, 2.24) is 18.7 Å². The molecule has 0 aliphatic carbocycles. The van der Waals surface area contributed by atoms with E-state index < -0.39 is 35.5 Å². The lowest BCUT2D eigenvalue weighted by Gasteiger charge is -2.12. The van der Waals surface area contributed by atoms with Crippen LogP contribution in [0.1, 0.15) is 13.0 Å². The number of fused-ring (bicyclic) bond motifs is 1. The first kappa shape index (κ1) is 16.6. The second-order valence-corrected chi connectivity index (χ2v) is 5.11. The first-order chi connectivity index (χ1) is 10.8. The molecule has 0 aromatic carbocycles. The maximum Gasteiger partial charge on any atom is 0.332 e. The zero-order valence-electron chi connectivity index (χ0n) is 13.0. The molecule has 0 aliphatic heterocycles. The fraction of sp³-hybridized carbons (Fsp3) is 0.462. The number of carbonyl (C=O) groups is 2. The van der Waals surface area contributed by atoms with E-state index in [0.717, 1.165) is 9.13 Å². The molecule has 23 heavy (non-hydrogen) atoms. The van der Waals surface area contributed by atoms with E-state index in [4.69, 9.17) is 10.5 Å². The van der Waals surface area contributed by atoms with Gasteiger partial charge in [0.25, 0.3) is 5.56 Å². The predicted molar refractivity (Wildman–Crippen MR) is 80.0 cm³/mol. The number of hydrogen-bond acceptors (Lipinski definition) is 6. The monoisotopic (exact) mass is 323 g/mol. The van der Waals surface area contributed by atoms with E-state index in [1.807, 2.05) is 0 Å². The summed E-state index contributed by atoms with van der Waals surface area (Å²) < 4.78 is 7.91. The minimum absolute atomic E-state index is 0.0311. The fourth-order valence-corrected chi connectivity index (χ4v) is 2.24. The second kappa shape index (κ2) is 6.16. The molecule has 0 unspecified atom stereocenters. The van der Waals surface area contributed by atoms with Crippen molar-refractivity contribution in [3.05, 3.63) is 27.2 Å². The third-order valence-corrected chi connectivity index (χ3v) is 3.53. The first-order valence-electron chi connectivity index (χ1n) is 6.75. The van der Waals surface area contributed by atoms with E-state index in [9.17, 15) is 19.2 Å². The van der Waals surface area contributed by atoms with Crippen LogP contribution in [0.5, 0.6) is 0 Å². The van der Waals surface area contributed by atoms with Crippen LogP contribution < -0.4 is 17.0 Å². The summed E-state index contributed by atoms with van der Waals surface area (Å²) in [6.45, 7) is 0.865. The zero-order valence-corrected chi connectivity index (χ0v) is 13.0. The van der Waals surface area contributed by atoms with Gasteiger partial charge < -0.3 is 15.0 Å². The molecule has 0 fully saturated rings. The second-order valence-electron chi connectivity index (χ2n) is 5.11. The van der Waals surface area contributed by atoms with Gasteiger partial charge in [-0.15, -0.1) is 0 Å². The van der Waals surface area contributed by atoms with Gasteiger partial charge in [-0.1, -0.05) is 0 Å². The molecule has 0 saturated heterocycles. The van der Waals surface area contributed by atoms with Gasteiger partial charge in [0, 0.05) is 14.2 Å². The summed E-state index contributed by atoms with van der Waals surface area (Å²) in [4.78, 5) is 51.9. The minimum Gasteiger partial charge on any atom is -0.377 e. The Morgan fingerprint density at radius 1 is 1.39 bits per heavy atom. The van der Waals surface area contributed by atoms with Crippen LogP contribution in [0.4, 0.5) is 0 Å². The van der Waals surface area contributed by atoms with Crippen molar-refractivity contribution >= 4 is 22.9 Å². The summed E-state index contributed by atoms with van der Waals surface area (Å²) >= 11 is 0. The topological polar surface area (TPSA) is 131 Å². The number of ketones is 1. The van der Waals surface area contributed by atoms with Crippen molar-refractivity contribution in [3.63, 3.8) is 0 Å². The molecule has 0 bridgehead atoms. The fourth-order valence-electron chi connectivity index (χ4n) is 2.24. The summed E-state index contributed by atoms with van der Waals surface area (Å²) in [7, 11) is 2.76. The maximum absolute atomic E-state index is 12.6. The number of carbonyl (C=O) groups excluding carboxylic acids is 2. The van der Waals surface area contributed by atoms with Gasteiger partial charge in [0.1, 0.15) is 12.6 Å². The number of hydrogen-bond donors (Lipinski definition) is 1. The molecule has 2 heterocycles. The van der Waals surface area contributed by atoms with E-state index >= 15 is 0 Å². The van der Waals surface area contributed by atoms with Crippen LogP contribution in [0.3, 0.4) is 0 Å². The quantitative estimate of drug-likeness (QED) is 0.664. The number of primary amides is 1. The van der Waals surface area contributed by atoms with Crippen LogP contribution in [0.25, 0.3) is 11.2 Å². The Labute approximate surface area is 130 Å². The molecular weight excluding hydrogens is 306 g/mol. The van der Waals surface area contributed by atoms with E-state index in [1.165, 1.54) is 32.0 Å². The molecule has 0 radical (unpaired) electrons. The van der Waals surface area contributed by atoms with Crippen molar-refractivity contribution in [3.8, 4) is 0 Å². The number of Topliss-reactive ketones (excluding diaryl/α,β-unsaturated/α-hetero) is 1. The summed E-state index contributed by atoms with van der Waals surface area (Å²) in [6.07, 6.45) is 1.27. The van der Waals surface area contributed by atoms with Crippen molar-refractivity contribution in [2.75, 3.05) is 13.7 Å². The minimum atomic E-state index is -0.826. The number of rotatable bonds is 6. The molecule has 2 aromatic heterocycles. The summed E-state index contributed by atoms with van der Waals surface area (Å²) in [5.74, 6) is -1.08. The van der Waals surface area contributed by atoms with Crippen molar-refractivity contribution in [2.45, 2.75) is 19.5 Å². The van der Waals surface area contributed by atoms with Gasteiger partial charge in [0.05, 0.1) is 12.9 Å². The smallest absolute Gasteiger partial charge is 0.332 e. The van der Waals surface area contributed by atoms with Crippen molar-refractivity contribution < 1.29 is 14.3 Å². The number of nitrogens with two attached hydrogens (primary N) is 1. The van der Waals surface area contributed by atoms with Crippen LogP contribution >= 0.6 is 0 Å². The third kappa shape index (κ3) is 2.80. The highest BCUT2D eigenvalue weighted by Crippen LogP contribution is 2.12. The van der Waals surface area contributed by atoms with Gasteiger partial charge in [0.2, 0.25) is 5.91 Å². The summed E-state index contributed by atoms with van der Waals surface area (Å²) in [5, 5.41) is 0. The Morgan fingerprint density at radius 2 is 2.04 bits per heavy atom. The number of ether oxygens (including phenoxy) is 1. The zero-order chi connectivity index (χ0) is 17.3. The number of amides is 1. The number of nitrogens with zero attached hydrogens (tertiary/aromatic N) is 4. The average Bonchev–Trinajstić information content (AvgIpc) is 2.93. The molecular formula is C13H17N5O5. The predicted octanol–water partition coefficient (Wildman–Crippen LogP) is -1.84. The highest BCUT2D eigenvalue weighted by Gasteiger charge is 2.21. The Morgan fingerprint density at radius 3 is 2.61 bits per heavy atom. The average molecular weight is 323 g/mol. The Kier molecular flexibility index (Phi) is 4.45. The van der Waals surface area contributed by atoms with Gasteiger partial charge in [0.15, 0.2) is 16.9 Å². The standard InChI is InChI=1S/C13H17N5O5/c1-7(10(14)20)18-6-15-11-9(18)12(21)17(13(22)16(11)2)4-8(19)5-23-3/h6-7H,4-5H2,1-3H3,(H2,14,20)/t7-/m0/s1. The van der Waals surface area contributed by atoms with Gasteiger partial charge in [-0.2, -0.15) is 0 Å². The van der Waals surface area contributed by atoms with Crippen molar-refractivity contribution in [2.24, 2.45) is 12.8 Å². The summed E-state index contributed by atoms with van der Waals surface area (Å²) in [6, 6.07) is -0.826. The van der Waals surface area contributed by atoms with E-state index in [-0.39, 0.29) is 17.8 Å². The maximum atomic E-state index is 12.6. The number of aromatic nitrogens is 4. The summed E-state index contributed by atoms with van der Waals surface area (Å²) in [5.41, 5.74) is 4.02. The molecule has 0 saturated carbocycles. The van der Waals surface area contributed by atoms with Crippen LogP contribution in [-0.4, -0.2) is 44.1 Å². The molecule has 10 heteroatoms. The highest BCUT2D eigenvalue weighted by molar-refractivity contribution is 5.82. The Bertz CT molecular complexity index is 891. The van der Waals surface area contributed by atoms with Crippen molar-refractivity contribution in [1.29, 1.82) is 0 Å². The number of imidazole rings is 1. The number of aryl methyl sites for hydroxylation is 1. The number of methoxy groups -OCH3 is 1. The van der Waals surface area contributed by atoms with E-state index in [2.05, 4.69) is 4.98 Å². The molecule has 1 atom stereocenters. The normalized spacial score (nSPS) is 12.5. The van der Waals surface area contributed by atoms with Gasteiger partial charge >= 0.3 is 5.69 Å². The highest BCUT2D eigenvalue weighted by atomic mass is 16.5. The Hall–Kier alpha value is -2.75. The van der Waals surface area contributed by atoms with Crippen LogP contribution in [0.15, 0.2) is 15.9 Å². The van der Waals surface area contributed by atoms with Gasteiger partial charge in [-0.3, -0.25) is 23.5 Å². The van der Waals surface area contributed by atoms with Crippen LogP contribution in [-0.2, 0) is 27.9 Å². The molecule has 2 rings (SSSR count). The lowest BCUT2D eigenvalue weighted by atomic mass is 10.3. The lowest BCUT2D eigenvalue weighted by molar-refractivity contribution is -0.123. The first-order valence-corrected chi connectivity index (χ1v) is 6.75.